The van der Waals surface area contributed by atoms with Crippen LogP contribution in [0.15, 0.2) is 36.4 Å². The summed E-state index contributed by atoms with van der Waals surface area (Å²) >= 11 is 5.82. The third-order valence-electron chi connectivity index (χ3n) is 2.57. The molecular formula is C13H11ClFN. The molecule has 82 valence electrons. The fourth-order valence-corrected chi connectivity index (χ4v) is 1.86. The first-order valence-electron chi connectivity index (χ1n) is 4.90. The Hall–Kier alpha value is -1.54. The molecule has 0 unspecified atom stereocenters. The second-order valence-corrected chi connectivity index (χ2v) is 4.08. The zero-order chi connectivity index (χ0) is 11.7. The zero-order valence-electron chi connectivity index (χ0n) is 8.80. The highest BCUT2D eigenvalue weighted by molar-refractivity contribution is 6.31. The summed E-state index contributed by atoms with van der Waals surface area (Å²) in [5.74, 6) is -0.230. The Labute approximate surface area is 98.7 Å². The van der Waals surface area contributed by atoms with E-state index >= 15 is 0 Å². The number of hydrogen-bond acceptors (Lipinski definition) is 1. The summed E-state index contributed by atoms with van der Waals surface area (Å²) in [4.78, 5) is 0. The quantitative estimate of drug-likeness (QED) is 0.742. The number of rotatable bonds is 1. The highest BCUT2D eigenvalue weighted by atomic mass is 35.5. The number of benzene rings is 2. The van der Waals surface area contributed by atoms with E-state index in [1.807, 2.05) is 6.07 Å². The SMILES string of the molecule is Cc1c(F)cccc1-c1ccc(Cl)cc1N. The number of nitrogens with two attached hydrogens (primary N) is 1. The Kier molecular flexibility index (Phi) is 2.84. The highest BCUT2D eigenvalue weighted by Gasteiger charge is 2.08. The van der Waals surface area contributed by atoms with Crippen LogP contribution in [-0.4, -0.2) is 0 Å². The first-order chi connectivity index (χ1) is 7.59. The normalized spacial score (nSPS) is 10.4. The molecule has 0 saturated carbocycles. The van der Waals surface area contributed by atoms with E-state index in [1.54, 1.807) is 31.2 Å². The van der Waals surface area contributed by atoms with Crippen LogP contribution in [0.1, 0.15) is 5.56 Å². The third kappa shape index (κ3) is 1.89. The third-order valence-corrected chi connectivity index (χ3v) is 2.81. The van der Waals surface area contributed by atoms with E-state index in [1.165, 1.54) is 6.07 Å². The maximum absolute atomic E-state index is 13.4. The lowest BCUT2D eigenvalue weighted by Gasteiger charge is -2.09. The van der Waals surface area contributed by atoms with Crippen LogP contribution < -0.4 is 5.73 Å². The van der Waals surface area contributed by atoms with Gasteiger partial charge in [-0.05, 0) is 36.2 Å². The Bertz CT molecular complexity index is 537. The second-order valence-electron chi connectivity index (χ2n) is 3.64. The number of anilines is 1. The summed E-state index contributed by atoms with van der Waals surface area (Å²) in [5, 5.41) is 0.579. The van der Waals surface area contributed by atoms with Crippen LogP contribution >= 0.6 is 11.6 Å². The summed E-state index contributed by atoms with van der Waals surface area (Å²) in [6, 6.07) is 10.2. The van der Waals surface area contributed by atoms with Gasteiger partial charge in [-0.2, -0.15) is 0 Å². The van der Waals surface area contributed by atoms with Gasteiger partial charge in [0.25, 0.3) is 0 Å². The Morgan fingerprint density at radius 1 is 1.12 bits per heavy atom. The van der Waals surface area contributed by atoms with Crippen molar-refractivity contribution in [1.29, 1.82) is 0 Å². The van der Waals surface area contributed by atoms with Gasteiger partial charge in [0, 0.05) is 16.3 Å². The lowest BCUT2D eigenvalue weighted by molar-refractivity contribution is 0.619. The van der Waals surface area contributed by atoms with Gasteiger partial charge < -0.3 is 5.73 Å². The first kappa shape index (κ1) is 11.0. The number of halogens is 2. The van der Waals surface area contributed by atoms with Gasteiger partial charge in [0.05, 0.1) is 0 Å². The first-order valence-corrected chi connectivity index (χ1v) is 5.28. The van der Waals surface area contributed by atoms with Gasteiger partial charge in [-0.3, -0.25) is 0 Å². The van der Waals surface area contributed by atoms with Crippen molar-refractivity contribution >= 4 is 17.3 Å². The van der Waals surface area contributed by atoms with E-state index in [2.05, 4.69) is 0 Å². The van der Waals surface area contributed by atoms with E-state index < -0.39 is 0 Å². The van der Waals surface area contributed by atoms with Crippen molar-refractivity contribution in [2.75, 3.05) is 5.73 Å². The lowest BCUT2D eigenvalue weighted by atomic mass is 9.99. The van der Waals surface area contributed by atoms with Crippen LogP contribution in [-0.2, 0) is 0 Å². The summed E-state index contributed by atoms with van der Waals surface area (Å²) in [7, 11) is 0. The Balaban J connectivity index is 2.63. The molecule has 0 atom stereocenters. The van der Waals surface area contributed by atoms with Crippen LogP contribution in [0.3, 0.4) is 0 Å². The smallest absolute Gasteiger partial charge is 0.126 e. The largest absolute Gasteiger partial charge is 0.398 e. The summed E-state index contributed by atoms with van der Waals surface area (Å²) in [6.45, 7) is 1.73. The molecule has 1 nitrogen and oxygen atoms in total. The molecule has 0 aliphatic carbocycles. The minimum Gasteiger partial charge on any atom is -0.398 e. The Morgan fingerprint density at radius 3 is 2.56 bits per heavy atom. The van der Waals surface area contributed by atoms with Gasteiger partial charge in [0.15, 0.2) is 0 Å². The molecule has 0 heterocycles. The molecule has 0 aliphatic rings. The van der Waals surface area contributed by atoms with Crippen LogP contribution in [0.25, 0.3) is 11.1 Å². The minimum absolute atomic E-state index is 0.230. The molecule has 16 heavy (non-hydrogen) atoms. The van der Waals surface area contributed by atoms with Gasteiger partial charge in [-0.1, -0.05) is 29.8 Å². The summed E-state index contributed by atoms with van der Waals surface area (Å²) in [6.07, 6.45) is 0. The lowest BCUT2D eigenvalue weighted by Crippen LogP contribution is -1.93. The molecule has 2 N–H and O–H groups in total. The molecule has 2 aromatic rings. The van der Waals surface area contributed by atoms with Gasteiger partial charge in [-0.15, -0.1) is 0 Å². The van der Waals surface area contributed by atoms with Crippen molar-refractivity contribution in [1.82, 2.24) is 0 Å². The standard InChI is InChI=1S/C13H11ClFN/c1-8-10(3-2-4-12(8)15)11-6-5-9(14)7-13(11)16/h2-7H,16H2,1H3. The van der Waals surface area contributed by atoms with E-state index in [9.17, 15) is 4.39 Å². The molecule has 0 aromatic heterocycles. The van der Waals surface area contributed by atoms with Crippen LogP contribution in [0.4, 0.5) is 10.1 Å². The molecule has 0 radical (unpaired) electrons. The Morgan fingerprint density at radius 2 is 1.88 bits per heavy atom. The van der Waals surface area contributed by atoms with Gasteiger partial charge in [0.1, 0.15) is 5.82 Å². The van der Waals surface area contributed by atoms with Gasteiger partial charge in [0.2, 0.25) is 0 Å². The molecular weight excluding hydrogens is 225 g/mol. The maximum Gasteiger partial charge on any atom is 0.126 e. The zero-order valence-corrected chi connectivity index (χ0v) is 9.55. The molecule has 2 rings (SSSR count). The van der Waals surface area contributed by atoms with E-state index in [0.717, 1.165) is 11.1 Å². The fraction of sp³-hybridized carbons (Fsp3) is 0.0769. The summed E-state index contributed by atoms with van der Waals surface area (Å²) < 4.78 is 13.4. The van der Waals surface area contributed by atoms with Crippen molar-refractivity contribution in [3.05, 3.63) is 52.8 Å². The molecule has 2 aromatic carbocycles. The molecule has 0 aliphatic heterocycles. The molecule has 0 bridgehead atoms. The topological polar surface area (TPSA) is 26.0 Å². The van der Waals surface area contributed by atoms with E-state index in [4.69, 9.17) is 17.3 Å². The van der Waals surface area contributed by atoms with Gasteiger partial charge >= 0.3 is 0 Å². The van der Waals surface area contributed by atoms with Crippen molar-refractivity contribution in [2.24, 2.45) is 0 Å². The van der Waals surface area contributed by atoms with Crippen LogP contribution in [0.2, 0.25) is 5.02 Å². The average Bonchev–Trinajstić information content (AvgIpc) is 2.23. The number of nitrogen functional groups attached to an aromatic ring is 1. The summed E-state index contributed by atoms with van der Waals surface area (Å²) in [5.41, 5.74) is 8.62. The second kappa shape index (κ2) is 4.14. The van der Waals surface area contributed by atoms with Crippen molar-refractivity contribution in [3.8, 4) is 11.1 Å². The molecule has 0 saturated heterocycles. The molecule has 0 amide bonds. The maximum atomic E-state index is 13.4. The predicted molar refractivity (Wildman–Crippen MR) is 66.0 cm³/mol. The van der Waals surface area contributed by atoms with Crippen molar-refractivity contribution in [3.63, 3.8) is 0 Å². The molecule has 0 spiro atoms. The van der Waals surface area contributed by atoms with Crippen LogP contribution in [0.5, 0.6) is 0 Å². The predicted octanol–water partition coefficient (Wildman–Crippen LogP) is 4.04. The van der Waals surface area contributed by atoms with Crippen molar-refractivity contribution < 1.29 is 4.39 Å². The highest BCUT2D eigenvalue weighted by Crippen LogP contribution is 2.31. The van der Waals surface area contributed by atoms with Gasteiger partial charge in [-0.25, -0.2) is 4.39 Å². The van der Waals surface area contributed by atoms with E-state index in [0.29, 0.717) is 16.3 Å². The van der Waals surface area contributed by atoms with E-state index in [-0.39, 0.29) is 5.82 Å². The van der Waals surface area contributed by atoms with Crippen LogP contribution in [0, 0.1) is 12.7 Å². The minimum atomic E-state index is -0.230. The average molecular weight is 236 g/mol. The van der Waals surface area contributed by atoms with Crippen molar-refractivity contribution in [2.45, 2.75) is 6.92 Å². The molecule has 3 heteroatoms. The number of hydrogen-bond donors (Lipinski definition) is 1. The molecule has 0 fully saturated rings. The fourth-order valence-electron chi connectivity index (χ4n) is 1.68. The monoisotopic (exact) mass is 235 g/mol.